The van der Waals surface area contributed by atoms with Gasteiger partial charge in [-0.3, -0.25) is 0 Å². The number of carboxylic acids is 1. The zero-order valence-electron chi connectivity index (χ0n) is 10.0. The van der Waals surface area contributed by atoms with Gasteiger partial charge in [0.05, 0.1) is 0 Å². The van der Waals surface area contributed by atoms with Gasteiger partial charge >= 0.3 is 11.9 Å². The molecule has 1 aromatic carbocycles. The highest BCUT2D eigenvalue weighted by Crippen LogP contribution is 2.17. The number of nitrogens with zero attached hydrogens (tertiary/aromatic N) is 1. The van der Waals surface area contributed by atoms with Crippen molar-refractivity contribution in [1.29, 1.82) is 0 Å². The number of amidine groups is 1. The maximum Gasteiger partial charge on any atom is 0.352 e. The zero-order valence-corrected chi connectivity index (χ0v) is 10.0. The lowest BCUT2D eigenvalue weighted by Crippen LogP contribution is -2.14. The number of nitrogens with two attached hydrogens (primary N) is 1. The average Bonchev–Trinajstić information content (AvgIpc) is 2.78. The molecule has 19 heavy (non-hydrogen) atoms. The summed E-state index contributed by atoms with van der Waals surface area (Å²) in [5, 5.41) is 13.1. The Hall–Kier alpha value is -2.83. The maximum absolute atomic E-state index is 10.8. The number of carboxylic acid groups (broad SMARTS) is 1. The van der Waals surface area contributed by atoms with Crippen LogP contribution in [-0.2, 0) is 9.63 Å². The highest BCUT2D eigenvalue weighted by atomic mass is 16.7. The molecule has 0 atom stereocenters. The van der Waals surface area contributed by atoms with Crippen LogP contribution in [0.5, 0.6) is 0 Å². The van der Waals surface area contributed by atoms with Gasteiger partial charge < -0.3 is 20.7 Å². The lowest BCUT2D eigenvalue weighted by Gasteiger charge is -2.00. The van der Waals surface area contributed by atoms with Gasteiger partial charge in [-0.2, -0.15) is 0 Å². The third-order valence-corrected chi connectivity index (χ3v) is 2.42. The molecule has 0 aliphatic heterocycles. The Morgan fingerprint density at radius 1 is 1.37 bits per heavy atom. The average molecular weight is 261 g/mol. The van der Waals surface area contributed by atoms with Crippen molar-refractivity contribution in [2.24, 2.45) is 10.9 Å². The first-order valence-electron chi connectivity index (χ1n) is 5.35. The molecule has 7 nitrogen and oxygen atoms in total. The molecule has 4 N–H and O–H groups in total. The van der Waals surface area contributed by atoms with Crippen molar-refractivity contribution in [3.63, 3.8) is 0 Å². The van der Waals surface area contributed by atoms with Crippen LogP contribution in [0.3, 0.4) is 0 Å². The number of fused-ring (bicyclic) bond motifs is 1. The summed E-state index contributed by atoms with van der Waals surface area (Å²) in [5.74, 6) is -1.58. The highest BCUT2D eigenvalue weighted by Gasteiger charge is 2.09. The van der Waals surface area contributed by atoms with Crippen molar-refractivity contribution in [3.8, 4) is 0 Å². The minimum absolute atomic E-state index is 0.0311. The van der Waals surface area contributed by atoms with Gasteiger partial charge in [-0.15, -0.1) is 0 Å². The van der Waals surface area contributed by atoms with Gasteiger partial charge in [-0.05, 0) is 12.1 Å². The smallest absolute Gasteiger partial charge is 0.352 e. The van der Waals surface area contributed by atoms with Crippen LogP contribution in [0.4, 0.5) is 0 Å². The van der Waals surface area contributed by atoms with Crippen molar-refractivity contribution in [3.05, 3.63) is 35.5 Å². The molecule has 0 saturated heterocycles. The van der Waals surface area contributed by atoms with Crippen LogP contribution in [0.15, 0.2) is 29.4 Å². The fourth-order valence-electron chi connectivity index (χ4n) is 1.57. The Bertz CT molecular complexity index is 687. The number of H-pyrrole nitrogens is 1. The third-order valence-electron chi connectivity index (χ3n) is 2.42. The second-order valence-electron chi connectivity index (χ2n) is 3.85. The van der Waals surface area contributed by atoms with E-state index in [9.17, 15) is 9.59 Å². The van der Waals surface area contributed by atoms with E-state index in [1.807, 2.05) is 0 Å². The number of carbonyl (C=O) groups is 2. The summed E-state index contributed by atoms with van der Waals surface area (Å²) >= 11 is 0. The number of aromatic amines is 1. The van der Waals surface area contributed by atoms with Crippen molar-refractivity contribution >= 4 is 28.7 Å². The number of aromatic carboxylic acids is 1. The first-order chi connectivity index (χ1) is 8.97. The summed E-state index contributed by atoms with van der Waals surface area (Å²) in [6, 6.07) is 6.50. The SMILES string of the molecule is CC(=O)ON=C(N)c1ccc2cc(C(=O)O)[nH]c2c1. The number of aromatic nitrogens is 1. The van der Waals surface area contributed by atoms with Gasteiger partial charge in [0, 0.05) is 23.4 Å². The standard InChI is InChI=1S/C12H11N3O4/c1-6(16)19-15-11(13)8-3-2-7-4-10(12(17)18)14-9(7)5-8/h2-5,14H,1H3,(H2,13,15)(H,17,18). The number of rotatable bonds is 3. The van der Waals surface area contributed by atoms with Crippen molar-refractivity contribution in [2.45, 2.75) is 6.92 Å². The molecule has 0 amide bonds. The molecular formula is C12H11N3O4. The van der Waals surface area contributed by atoms with E-state index in [0.717, 1.165) is 5.39 Å². The van der Waals surface area contributed by atoms with Gasteiger partial charge in [0.2, 0.25) is 0 Å². The second-order valence-corrected chi connectivity index (χ2v) is 3.85. The van der Waals surface area contributed by atoms with E-state index in [0.29, 0.717) is 11.1 Å². The Balaban J connectivity index is 2.38. The van der Waals surface area contributed by atoms with E-state index in [1.165, 1.54) is 13.0 Å². The van der Waals surface area contributed by atoms with Crippen LogP contribution < -0.4 is 5.73 Å². The molecule has 0 bridgehead atoms. The Morgan fingerprint density at radius 2 is 2.11 bits per heavy atom. The van der Waals surface area contributed by atoms with Crippen LogP contribution in [0, 0.1) is 0 Å². The van der Waals surface area contributed by atoms with Gasteiger partial charge in [0.1, 0.15) is 5.69 Å². The molecule has 0 radical (unpaired) electrons. The van der Waals surface area contributed by atoms with Gasteiger partial charge in [0.15, 0.2) is 5.84 Å². The molecule has 1 heterocycles. The zero-order chi connectivity index (χ0) is 14.0. The largest absolute Gasteiger partial charge is 0.477 e. The maximum atomic E-state index is 10.8. The molecule has 0 saturated carbocycles. The summed E-state index contributed by atoms with van der Waals surface area (Å²) in [6.07, 6.45) is 0. The molecule has 0 fully saturated rings. The Labute approximate surface area is 107 Å². The summed E-state index contributed by atoms with van der Waals surface area (Å²) in [4.78, 5) is 28.6. The molecular weight excluding hydrogens is 250 g/mol. The summed E-state index contributed by atoms with van der Waals surface area (Å²) in [7, 11) is 0. The lowest BCUT2D eigenvalue weighted by atomic mass is 10.1. The lowest BCUT2D eigenvalue weighted by molar-refractivity contribution is -0.140. The topological polar surface area (TPSA) is 118 Å². The first kappa shape index (κ1) is 12.6. The van der Waals surface area contributed by atoms with Crippen LogP contribution >= 0.6 is 0 Å². The fraction of sp³-hybridized carbons (Fsp3) is 0.0833. The molecule has 2 aromatic rings. The predicted octanol–water partition coefficient (Wildman–Crippen LogP) is 1.05. The quantitative estimate of drug-likeness (QED) is 0.330. The first-order valence-corrected chi connectivity index (χ1v) is 5.35. The molecule has 1 aromatic heterocycles. The number of carbonyl (C=O) groups excluding carboxylic acids is 1. The van der Waals surface area contributed by atoms with Crippen LogP contribution in [0.25, 0.3) is 10.9 Å². The van der Waals surface area contributed by atoms with E-state index < -0.39 is 11.9 Å². The molecule has 0 unspecified atom stereocenters. The monoisotopic (exact) mass is 261 g/mol. The number of benzene rings is 1. The highest BCUT2D eigenvalue weighted by molar-refractivity contribution is 6.01. The summed E-state index contributed by atoms with van der Waals surface area (Å²) < 4.78 is 0. The van der Waals surface area contributed by atoms with E-state index in [2.05, 4.69) is 15.0 Å². The van der Waals surface area contributed by atoms with Crippen molar-refractivity contribution in [2.75, 3.05) is 0 Å². The Morgan fingerprint density at radius 3 is 2.74 bits per heavy atom. The molecule has 98 valence electrons. The van der Waals surface area contributed by atoms with Gasteiger partial charge in [-0.25, -0.2) is 9.59 Å². The third kappa shape index (κ3) is 2.71. The van der Waals surface area contributed by atoms with E-state index in [4.69, 9.17) is 10.8 Å². The van der Waals surface area contributed by atoms with Crippen molar-refractivity contribution in [1.82, 2.24) is 4.98 Å². The predicted molar refractivity (Wildman–Crippen MR) is 67.7 cm³/mol. The molecule has 7 heteroatoms. The number of hydrogen-bond acceptors (Lipinski definition) is 4. The van der Waals surface area contributed by atoms with E-state index >= 15 is 0 Å². The minimum Gasteiger partial charge on any atom is -0.477 e. The number of hydrogen-bond donors (Lipinski definition) is 3. The van der Waals surface area contributed by atoms with E-state index in [1.54, 1.807) is 18.2 Å². The Kier molecular flexibility index (Phi) is 3.19. The van der Waals surface area contributed by atoms with Crippen molar-refractivity contribution < 1.29 is 19.5 Å². The summed E-state index contributed by atoms with van der Waals surface area (Å²) in [5.41, 5.74) is 6.86. The molecule has 0 aliphatic rings. The molecule has 2 rings (SSSR count). The second kappa shape index (κ2) is 4.81. The normalized spacial score (nSPS) is 11.5. The fourth-order valence-corrected chi connectivity index (χ4v) is 1.57. The van der Waals surface area contributed by atoms with Crippen LogP contribution in [0.1, 0.15) is 23.0 Å². The van der Waals surface area contributed by atoms with E-state index in [-0.39, 0.29) is 11.5 Å². The number of nitrogens with one attached hydrogen (secondary N) is 1. The van der Waals surface area contributed by atoms with Crippen LogP contribution in [0.2, 0.25) is 0 Å². The number of oxime groups is 1. The molecule has 0 spiro atoms. The minimum atomic E-state index is -1.04. The van der Waals surface area contributed by atoms with Crippen LogP contribution in [-0.4, -0.2) is 27.9 Å². The van der Waals surface area contributed by atoms with Gasteiger partial charge in [0.25, 0.3) is 0 Å². The van der Waals surface area contributed by atoms with Gasteiger partial charge in [-0.1, -0.05) is 17.3 Å². The summed E-state index contributed by atoms with van der Waals surface area (Å²) in [6.45, 7) is 1.21. The molecule has 0 aliphatic carbocycles.